The number of carbonyl (C=O) groups excluding carboxylic acids is 1. The highest BCUT2D eigenvalue weighted by Crippen LogP contribution is 2.32. The van der Waals surface area contributed by atoms with E-state index in [1.54, 1.807) is 25.3 Å². The van der Waals surface area contributed by atoms with E-state index in [1.165, 1.54) is 29.1 Å². The molecular weight excluding hydrogens is 469 g/mol. The molecule has 1 aromatic carbocycles. The van der Waals surface area contributed by atoms with E-state index in [-0.39, 0.29) is 29.8 Å². The largest absolute Gasteiger partial charge is 0.452 e. The Morgan fingerprint density at radius 3 is 2.78 bits per heavy atom. The average molecular weight is 500 g/mol. The number of ether oxygens (including phenoxy) is 1. The van der Waals surface area contributed by atoms with E-state index in [4.69, 9.17) is 9.84 Å². The Balaban J connectivity index is 1.54. The van der Waals surface area contributed by atoms with Crippen molar-refractivity contribution in [2.75, 3.05) is 11.9 Å². The molecule has 3 N–H and O–H groups in total. The summed E-state index contributed by atoms with van der Waals surface area (Å²) in [4.78, 5) is 26.3. The topological polar surface area (TPSA) is 132 Å². The molecule has 1 amide bonds. The van der Waals surface area contributed by atoms with E-state index < -0.39 is 36.0 Å². The number of anilines is 1. The molecule has 2 atom stereocenters. The van der Waals surface area contributed by atoms with Crippen LogP contribution in [0.15, 0.2) is 47.5 Å². The highest BCUT2D eigenvalue weighted by molar-refractivity contribution is 5.92. The van der Waals surface area contributed by atoms with E-state index in [1.807, 2.05) is 0 Å². The molecule has 4 rings (SSSR count). The van der Waals surface area contributed by atoms with Crippen molar-refractivity contribution in [1.29, 1.82) is 0 Å². The fourth-order valence-corrected chi connectivity index (χ4v) is 4.40. The van der Waals surface area contributed by atoms with Crippen LogP contribution >= 0.6 is 0 Å². The number of hydrogen-bond donors (Lipinski definition) is 3. The highest BCUT2D eigenvalue weighted by atomic mass is 19.1. The molecule has 11 heteroatoms. The molecule has 2 unspecified atom stereocenters. The number of carbonyl (C=O) groups is 1. The summed E-state index contributed by atoms with van der Waals surface area (Å²) < 4.78 is 22.1. The van der Waals surface area contributed by atoms with Crippen molar-refractivity contribution >= 4 is 11.7 Å². The molecule has 0 saturated heterocycles. The first-order chi connectivity index (χ1) is 17.3. The van der Waals surface area contributed by atoms with Crippen LogP contribution in [0.3, 0.4) is 0 Å². The molecule has 10 nitrogen and oxygen atoms in total. The third-order valence-corrected chi connectivity index (χ3v) is 6.25. The molecule has 0 radical (unpaired) electrons. The van der Waals surface area contributed by atoms with Crippen molar-refractivity contribution in [3.63, 3.8) is 0 Å². The van der Waals surface area contributed by atoms with Crippen LogP contribution < -0.4 is 15.6 Å². The number of nitrogens with one attached hydrogen (secondary N) is 1. The summed E-state index contributed by atoms with van der Waals surface area (Å²) in [5.41, 5.74) is 0.254. The van der Waals surface area contributed by atoms with Crippen LogP contribution in [-0.4, -0.2) is 48.4 Å². The lowest BCUT2D eigenvalue weighted by molar-refractivity contribution is -0.120. The molecule has 192 valence electrons. The summed E-state index contributed by atoms with van der Waals surface area (Å²) in [7, 11) is 0. The van der Waals surface area contributed by atoms with Crippen LogP contribution in [0.4, 0.5) is 10.2 Å². The fourth-order valence-electron chi connectivity index (χ4n) is 4.40. The number of aryl methyl sites for hydroxylation is 1. The zero-order valence-corrected chi connectivity index (χ0v) is 20.0. The Bertz CT molecular complexity index is 1250. The molecule has 36 heavy (non-hydrogen) atoms. The van der Waals surface area contributed by atoms with Gasteiger partial charge in [-0.1, -0.05) is 31.7 Å². The minimum absolute atomic E-state index is 0.0175. The summed E-state index contributed by atoms with van der Waals surface area (Å²) in [5.74, 6) is -0.413. The molecular formula is C25H30FN5O5. The second-order valence-electron chi connectivity index (χ2n) is 9.16. The second kappa shape index (κ2) is 11.4. The lowest BCUT2D eigenvalue weighted by Gasteiger charge is -2.21. The number of benzene rings is 1. The summed E-state index contributed by atoms with van der Waals surface area (Å²) in [6.07, 6.45) is 6.43. The molecule has 1 aliphatic carbocycles. The molecule has 2 heterocycles. The molecule has 0 bridgehead atoms. The lowest BCUT2D eigenvalue weighted by atomic mass is 9.98. The number of hydrogen-bond acceptors (Lipinski definition) is 7. The first kappa shape index (κ1) is 25.5. The van der Waals surface area contributed by atoms with Gasteiger partial charge in [0.25, 0.3) is 11.5 Å². The maximum atomic E-state index is 14.1. The van der Waals surface area contributed by atoms with Crippen molar-refractivity contribution in [2.24, 2.45) is 5.92 Å². The highest BCUT2D eigenvalue weighted by Gasteiger charge is 2.29. The molecule has 1 saturated carbocycles. The quantitative estimate of drug-likeness (QED) is 0.391. The van der Waals surface area contributed by atoms with Gasteiger partial charge in [-0.15, -0.1) is 0 Å². The first-order valence-electron chi connectivity index (χ1n) is 12.0. The SMILES string of the molecule is Cc1ccc(F)c(Oc2cnn(C(CC3CCCC3)C(=O)Nc3ccn(CC(O)CO)n3)c(=O)c2)c1. The van der Waals surface area contributed by atoms with Gasteiger partial charge in [-0.05, 0) is 37.0 Å². The van der Waals surface area contributed by atoms with E-state index in [0.29, 0.717) is 6.42 Å². The van der Waals surface area contributed by atoms with Gasteiger partial charge in [0.15, 0.2) is 23.1 Å². The van der Waals surface area contributed by atoms with E-state index in [2.05, 4.69) is 15.5 Å². The van der Waals surface area contributed by atoms with Gasteiger partial charge in [-0.3, -0.25) is 14.3 Å². The van der Waals surface area contributed by atoms with Gasteiger partial charge in [0.05, 0.1) is 25.5 Å². The van der Waals surface area contributed by atoms with Crippen LogP contribution in [0, 0.1) is 18.7 Å². The normalized spacial score (nSPS) is 15.6. The fraction of sp³-hybridized carbons (Fsp3) is 0.440. The van der Waals surface area contributed by atoms with Crippen molar-refractivity contribution in [3.8, 4) is 11.5 Å². The van der Waals surface area contributed by atoms with Crippen molar-refractivity contribution in [3.05, 3.63) is 64.5 Å². The average Bonchev–Trinajstić information content (AvgIpc) is 3.52. The number of nitrogens with zero attached hydrogens (tertiary/aromatic N) is 4. The Hall–Kier alpha value is -3.57. The standard InChI is InChI=1S/C25H30FN5O5/c1-16-6-7-20(26)22(10-16)36-19-12-24(34)31(27-13-19)21(11-17-4-2-3-5-17)25(35)28-23-8-9-30(29-23)14-18(33)15-32/h6-10,12-13,17-18,21,32-33H,2-5,11,14-15H2,1H3,(H,28,29,35). The third-order valence-electron chi connectivity index (χ3n) is 6.25. The van der Waals surface area contributed by atoms with Gasteiger partial charge >= 0.3 is 0 Å². The van der Waals surface area contributed by atoms with E-state index in [9.17, 15) is 19.1 Å². The Morgan fingerprint density at radius 1 is 1.28 bits per heavy atom. The van der Waals surface area contributed by atoms with Crippen molar-refractivity contribution in [2.45, 2.75) is 57.7 Å². The van der Waals surface area contributed by atoms with Crippen LogP contribution in [0.5, 0.6) is 11.5 Å². The summed E-state index contributed by atoms with van der Waals surface area (Å²) in [5, 5.41) is 29.7. The van der Waals surface area contributed by atoms with Gasteiger partial charge in [-0.25, -0.2) is 9.07 Å². The van der Waals surface area contributed by atoms with Gasteiger partial charge in [-0.2, -0.15) is 10.2 Å². The summed E-state index contributed by atoms with van der Waals surface area (Å²) >= 11 is 0. The van der Waals surface area contributed by atoms with E-state index in [0.717, 1.165) is 35.9 Å². The number of amides is 1. The molecule has 2 aromatic heterocycles. The zero-order valence-electron chi connectivity index (χ0n) is 20.0. The minimum Gasteiger partial charge on any atom is -0.452 e. The molecule has 0 spiro atoms. The zero-order chi connectivity index (χ0) is 25.7. The molecule has 1 aliphatic rings. The number of aromatic nitrogens is 4. The smallest absolute Gasteiger partial charge is 0.271 e. The minimum atomic E-state index is -0.972. The second-order valence-corrected chi connectivity index (χ2v) is 9.16. The van der Waals surface area contributed by atoms with E-state index >= 15 is 0 Å². The molecule has 0 aliphatic heterocycles. The third kappa shape index (κ3) is 6.35. The lowest BCUT2D eigenvalue weighted by Crippen LogP contribution is -2.36. The number of aliphatic hydroxyl groups is 2. The predicted octanol–water partition coefficient (Wildman–Crippen LogP) is 2.79. The van der Waals surface area contributed by atoms with Gasteiger partial charge in [0.1, 0.15) is 6.04 Å². The monoisotopic (exact) mass is 499 g/mol. The maximum Gasteiger partial charge on any atom is 0.271 e. The Morgan fingerprint density at radius 2 is 2.06 bits per heavy atom. The Kier molecular flexibility index (Phi) is 8.11. The first-order valence-corrected chi connectivity index (χ1v) is 12.0. The van der Waals surface area contributed by atoms with Gasteiger partial charge in [0, 0.05) is 18.3 Å². The summed E-state index contributed by atoms with van der Waals surface area (Å²) in [6.45, 7) is 1.46. The predicted molar refractivity (Wildman–Crippen MR) is 129 cm³/mol. The number of halogens is 1. The van der Waals surface area contributed by atoms with Crippen molar-refractivity contribution < 1.29 is 24.1 Å². The Labute approximate surface area is 207 Å². The van der Waals surface area contributed by atoms with Gasteiger partial charge in [0.2, 0.25) is 0 Å². The van der Waals surface area contributed by atoms with Crippen LogP contribution in [-0.2, 0) is 11.3 Å². The number of aliphatic hydroxyl groups excluding tert-OH is 2. The van der Waals surface area contributed by atoms with Crippen molar-refractivity contribution in [1.82, 2.24) is 19.6 Å². The van der Waals surface area contributed by atoms with Crippen LogP contribution in [0.1, 0.15) is 43.7 Å². The van der Waals surface area contributed by atoms with Crippen LogP contribution in [0.2, 0.25) is 0 Å². The maximum absolute atomic E-state index is 14.1. The molecule has 3 aromatic rings. The summed E-state index contributed by atoms with van der Waals surface area (Å²) in [6, 6.07) is 6.30. The van der Waals surface area contributed by atoms with Gasteiger partial charge < -0.3 is 20.3 Å². The van der Waals surface area contributed by atoms with Crippen LogP contribution in [0.25, 0.3) is 0 Å². The molecule has 1 fully saturated rings. The number of rotatable bonds is 10.